The van der Waals surface area contributed by atoms with Crippen molar-refractivity contribution >= 4 is 12.1 Å². The van der Waals surface area contributed by atoms with E-state index in [1.165, 1.54) is 25.2 Å². The maximum absolute atomic E-state index is 13.5. The molecule has 0 saturated carbocycles. The zero-order valence-corrected chi connectivity index (χ0v) is 8.96. The van der Waals surface area contributed by atoms with E-state index in [0.29, 0.717) is 0 Å². The molecule has 17 heavy (non-hydrogen) atoms. The molecule has 5 nitrogen and oxygen atoms in total. The van der Waals surface area contributed by atoms with Crippen LogP contribution in [-0.4, -0.2) is 35.2 Å². The Morgan fingerprint density at radius 2 is 2.12 bits per heavy atom. The Hall–Kier alpha value is -2.11. The first-order valence-corrected chi connectivity index (χ1v) is 4.93. The number of carboxylic acids is 1. The van der Waals surface area contributed by atoms with Crippen LogP contribution in [0.2, 0.25) is 0 Å². The molecule has 1 aliphatic rings. The molecule has 0 aromatic heterocycles. The quantitative estimate of drug-likeness (QED) is 0.847. The largest absolute Gasteiger partial charge is 0.480 e. The lowest BCUT2D eigenvalue weighted by atomic mass is 10.0. The fourth-order valence-corrected chi connectivity index (χ4v) is 1.81. The van der Waals surface area contributed by atoms with Gasteiger partial charge in [-0.3, -0.25) is 4.90 Å². The summed E-state index contributed by atoms with van der Waals surface area (Å²) in [7, 11) is 1.31. The van der Waals surface area contributed by atoms with Crippen LogP contribution in [0.3, 0.4) is 0 Å². The zero-order chi connectivity index (χ0) is 12.6. The summed E-state index contributed by atoms with van der Waals surface area (Å²) in [5.74, 6) is -1.82. The average Bonchev–Trinajstić information content (AvgIpc) is 2.56. The van der Waals surface area contributed by atoms with Crippen molar-refractivity contribution in [2.75, 3.05) is 7.05 Å². The van der Waals surface area contributed by atoms with E-state index in [1.807, 2.05) is 0 Å². The number of likely N-dealkylation sites (N-methyl/N-ethyl adjacent to an activating group) is 1. The van der Waals surface area contributed by atoms with Gasteiger partial charge in [0.2, 0.25) is 0 Å². The topological polar surface area (TPSA) is 66.8 Å². The van der Waals surface area contributed by atoms with Gasteiger partial charge in [0.1, 0.15) is 5.82 Å². The summed E-state index contributed by atoms with van der Waals surface area (Å²) in [6, 6.07) is 4.43. The van der Waals surface area contributed by atoms with Gasteiger partial charge < -0.3 is 9.84 Å². The Labute approximate surface area is 96.4 Å². The number of carbonyl (C=O) groups is 2. The van der Waals surface area contributed by atoms with Crippen LogP contribution in [0.5, 0.6) is 0 Å². The number of nitrogens with zero attached hydrogens (tertiary/aromatic N) is 1. The van der Waals surface area contributed by atoms with E-state index in [1.54, 1.807) is 6.07 Å². The van der Waals surface area contributed by atoms with E-state index in [9.17, 15) is 14.0 Å². The Morgan fingerprint density at radius 1 is 1.47 bits per heavy atom. The van der Waals surface area contributed by atoms with Gasteiger partial charge in [0, 0.05) is 12.6 Å². The van der Waals surface area contributed by atoms with E-state index in [2.05, 4.69) is 0 Å². The van der Waals surface area contributed by atoms with Gasteiger partial charge in [0.15, 0.2) is 12.1 Å². The van der Waals surface area contributed by atoms with Gasteiger partial charge in [0.05, 0.1) is 0 Å². The normalized spacial score (nSPS) is 23.6. The third-order valence-electron chi connectivity index (χ3n) is 2.68. The molecule has 1 fully saturated rings. The van der Waals surface area contributed by atoms with Crippen LogP contribution in [0, 0.1) is 5.82 Å². The molecule has 0 spiro atoms. The molecule has 1 aromatic rings. The van der Waals surface area contributed by atoms with Crippen LogP contribution in [-0.2, 0) is 9.53 Å². The Bertz CT molecular complexity index is 476. The number of carboxylic acid groups (broad SMARTS) is 1. The number of rotatable bonds is 2. The molecule has 1 aliphatic heterocycles. The van der Waals surface area contributed by atoms with E-state index < -0.39 is 30.0 Å². The first-order valence-electron chi connectivity index (χ1n) is 4.93. The van der Waals surface area contributed by atoms with Crippen molar-refractivity contribution in [2.45, 2.75) is 12.1 Å². The number of hydrogen-bond donors (Lipinski definition) is 1. The molecule has 90 valence electrons. The fourth-order valence-electron chi connectivity index (χ4n) is 1.81. The molecule has 6 heteroatoms. The van der Waals surface area contributed by atoms with E-state index in [-0.39, 0.29) is 5.56 Å². The Morgan fingerprint density at radius 3 is 2.71 bits per heavy atom. The van der Waals surface area contributed by atoms with Gasteiger partial charge in [-0.05, 0) is 6.07 Å². The molecule has 2 unspecified atom stereocenters. The lowest BCUT2D eigenvalue weighted by Crippen LogP contribution is -2.37. The molecule has 1 saturated heterocycles. The first kappa shape index (κ1) is 11.4. The van der Waals surface area contributed by atoms with Gasteiger partial charge in [0.25, 0.3) is 0 Å². The summed E-state index contributed by atoms with van der Waals surface area (Å²) in [6.07, 6.45) is -1.89. The molecule has 1 aromatic carbocycles. The average molecular weight is 239 g/mol. The third-order valence-corrected chi connectivity index (χ3v) is 2.68. The summed E-state index contributed by atoms with van der Waals surface area (Å²) in [5.41, 5.74) is 0.0672. The highest BCUT2D eigenvalue weighted by Gasteiger charge is 2.46. The van der Waals surface area contributed by atoms with E-state index >= 15 is 0 Å². The number of cyclic esters (lactones) is 1. The van der Waals surface area contributed by atoms with Crippen LogP contribution >= 0.6 is 0 Å². The number of ether oxygens (including phenoxy) is 1. The second-order valence-electron chi connectivity index (χ2n) is 3.72. The highest BCUT2D eigenvalue weighted by atomic mass is 19.1. The molecular weight excluding hydrogens is 229 g/mol. The van der Waals surface area contributed by atoms with Crippen LogP contribution in [0.4, 0.5) is 9.18 Å². The number of aliphatic carboxylic acids is 1. The maximum Gasteiger partial charge on any atom is 0.411 e. The summed E-state index contributed by atoms with van der Waals surface area (Å²) in [6.45, 7) is 0. The first-order chi connectivity index (χ1) is 8.02. The number of carbonyl (C=O) groups excluding carboxylic acids is 1. The fraction of sp³-hybridized carbons (Fsp3) is 0.273. The van der Waals surface area contributed by atoms with Crippen molar-refractivity contribution in [1.82, 2.24) is 4.90 Å². The molecule has 2 rings (SSSR count). The minimum Gasteiger partial charge on any atom is -0.480 e. The maximum atomic E-state index is 13.5. The van der Waals surface area contributed by atoms with Gasteiger partial charge >= 0.3 is 12.1 Å². The van der Waals surface area contributed by atoms with Crippen LogP contribution in [0.25, 0.3) is 0 Å². The predicted octanol–water partition coefficient (Wildman–Crippen LogP) is 1.40. The molecule has 1 amide bonds. The van der Waals surface area contributed by atoms with Crippen molar-refractivity contribution in [3.63, 3.8) is 0 Å². The molecule has 0 bridgehead atoms. The third kappa shape index (κ3) is 1.82. The minimum atomic E-state index is -1.23. The summed E-state index contributed by atoms with van der Waals surface area (Å²) >= 11 is 0. The predicted molar refractivity (Wildman–Crippen MR) is 54.8 cm³/mol. The van der Waals surface area contributed by atoms with Gasteiger partial charge in [-0.15, -0.1) is 0 Å². The SMILES string of the molecule is CN1C(=O)OC(c2ccccc2F)C1C(=O)O. The number of amides is 1. The molecular formula is C11H10FNO4. The minimum absolute atomic E-state index is 0.0672. The molecule has 1 N–H and O–H groups in total. The van der Waals surface area contributed by atoms with Crippen molar-refractivity contribution in [2.24, 2.45) is 0 Å². The van der Waals surface area contributed by atoms with Gasteiger partial charge in [-0.25, -0.2) is 14.0 Å². The summed E-state index contributed by atoms with van der Waals surface area (Å²) in [4.78, 5) is 23.3. The van der Waals surface area contributed by atoms with E-state index in [4.69, 9.17) is 9.84 Å². The standard InChI is InChI=1S/C11H10FNO4/c1-13-8(10(14)15)9(17-11(13)16)6-4-2-3-5-7(6)12/h2-5,8-9H,1H3,(H,14,15). The Kier molecular flexibility index (Phi) is 2.71. The van der Waals surface area contributed by atoms with Crippen LogP contribution < -0.4 is 0 Å². The number of benzene rings is 1. The summed E-state index contributed by atoms with van der Waals surface area (Å²) in [5, 5.41) is 9.03. The number of hydrogen-bond acceptors (Lipinski definition) is 3. The second kappa shape index (κ2) is 4.04. The highest BCUT2D eigenvalue weighted by molar-refractivity contribution is 5.84. The van der Waals surface area contributed by atoms with Gasteiger partial charge in [-0.1, -0.05) is 18.2 Å². The van der Waals surface area contributed by atoms with Crippen LogP contribution in [0.1, 0.15) is 11.7 Å². The zero-order valence-electron chi connectivity index (χ0n) is 8.96. The molecule has 0 radical (unpaired) electrons. The molecule has 0 aliphatic carbocycles. The van der Waals surface area contributed by atoms with Gasteiger partial charge in [-0.2, -0.15) is 0 Å². The highest BCUT2D eigenvalue weighted by Crippen LogP contribution is 2.32. The van der Waals surface area contributed by atoms with Crippen molar-refractivity contribution in [1.29, 1.82) is 0 Å². The summed E-state index contributed by atoms with van der Waals surface area (Å²) < 4.78 is 18.4. The smallest absolute Gasteiger partial charge is 0.411 e. The lowest BCUT2D eigenvalue weighted by molar-refractivity contribution is -0.142. The second-order valence-corrected chi connectivity index (χ2v) is 3.72. The lowest BCUT2D eigenvalue weighted by Gasteiger charge is -2.17. The number of halogens is 1. The monoisotopic (exact) mass is 239 g/mol. The molecule has 2 atom stereocenters. The van der Waals surface area contributed by atoms with Crippen molar-refractivity contribution < 1.29 is 23.8 Å². The van der Waals surface area contributed by atoms with E-state index in [0.717, 1.165) is 4.90 Å². The molecule has 1 heterocycles. The van der Waals surface area contributed by atoms with Crippen molar-refractivity contribution in [3.8, 4) is 0 Å². The Balaban J connectivity index is 2.42. The van der Waals surface area contributed by atoms with Crippen LogP contribution in [0.15, 0.2) is 24.3 Å². The van der Waals surface area contributed by atoms with Crippen molar-refractivity contribution in [3.05, 3.63) is 35.6 Å².